The third-order valence-electron chi connectivity index (χ3n) is 2.88. The summed E-state index contributed by atoms with van der Waals surface area (Å²) < 4.78 is 0. The Hall–Kier alpha value is -0.410. The van der Waals surface area contributed by atoms with Crippen LogP contribution in [0.3, 0.4) is 0 Å². The van der Waals surface area contributed by atoms with Crippen molar-refractivity contribution in [3.63, 3.8) is 0 Å². The molecule has 0 saturated heterocycles. The molecule has 16 heavy (non-hydrogen) atoms. The Bertz CT molecular complexity index is 283. The largest absolute Gasteiger partial charge is 0.314 e. The first-order chi connectivity index (χ1) is 7.76. The van der Waals surface area contributed by atoms with Gasteiger partial charge in [-0.25, -0.2) is 4.98 Å². The van der Waals surface area contributed by atoms with Gasteiger partial charge >= 0.3 is 0 Å². The summed E-state index contributed by atoms with van der Waals surface area (Å²) in [5.74, 6) is 0. The minimum atomic E-state index is 0.694. The van der Waals surface area contributed by atoms with E-state index in [0.717, 1.165) is 13.0 Å². The molecule has 2 nitrogen and oxygen atoms in total. The van der Waals surface area contributed by atoms with E-state index in [9.17, 15) is 0 Å². The second kappa shape index (κ2) is 7.80. The Kier molecular flexibility index (Phi) is 6.65. The van der Waals surface area contributed by atoms with Crippen LogP contribution in [-0.2, 0) is 6.42 Å². The lowest BCUT2D eigenvalue weighted by Gasteiger charge is -2.15. The molecule has 1 rings (SSSR count). The molecule has 0 aliphatic heterocycles. The van der Waals surface area contributed by atoms with Crippen LogP contribution in [0.4, 0.5) is 0 Å². The highest BCUT2D eigenvalue weighted by atomic mass is 32.1. The molecule has 0 amide bonds. The second-order valence-electron chi connectivity index (χ2n) is 4.31. The van der Waals surface area contributed by atoms with Gasteiger partial charge in [-0.15, -0.1) is 11.3 Å². The van der Waals surface area contributed by atoms with Crippen LogP contribution in [0.25, 0.3) is 0 Å². The Balaban J connectivity index is 2.17. The lowest BCUT2D eigenvalue weighted by atomic mass is 10.1. The predicted octanol–water partition coefficient (Wildman–Crippen LogP) is 3.55. The fourth-order valence-corrected chi connectivity index (χ4v) is 2.48. The van der Waals surface area contributed by atoms with E-state index in [1.54, 1.807) is 11.3 Å². The molecule has 1 aromatic heterocycles. The number of hydrogen-bond acceptors (Lipinski definition) is 3. The fraction of sp³-hybridized carbons (Fsp3) is 0.769. The molecule has 0 aliphatic rings. The number of rotatable bonds is 8. The molecule has 0 bridgehead atoms. The maximum atomic E-state index is 4.47. The van der Waals surface area contributed by atoms with Crippen molar-refractivity contribution in [2.24, 2.45) is 0 Å². The van der Waals surface area contributed by atoms with E-state index >= 15 is 0 Å². The molecule has 0 saturated carbocycles. The Morgan fingerprint density at radius 2 is 2.25 bits per heavy atom. The SMILES string of the molecule is CCCCC(CC)NCCc1csc(C)n1. The first-order valence-electron chi connectivity index (χ1n) is 6.40. The summed E-state index contributed by atoms with van der Waals surface area (Å²) in [4.78, 5) is 4.47. The van der Waals surface area contributed by atoms with Crippen molar-refractivity contribution in [3.8, 4) is 0 Å². The Labute approximate surface area is 103 Å². The highest BCUT2D eigenvalue weighted by Crippen LogP contribution is 2.08. The van der Waals surface area contributed by atoms with Gasteiger partial charge in [0.1, 0.15) is 0 Å². The van der Waals surface area contributed by atoms with Crippen LogP contribution >= 0.6 is 11.3 Å². The lowest BCUT2D eigenvalue weighted by Crippen LogP contribution is -2.30. The van der Waals surface area contributed by atoms with E-state index < -0.39 is 0 Å². The Morgan fingerprint density at radius 1 is 1.44 bits per heavy atom. The van der Waals surface area contributed by atoms with Gasteiger partial charge in [0.2, 0.25) is 0 Å². The molecule has 0 fully saturated rings. The molecule has 1 atom stereocenters. The quantitative estimate of drug-likeness (QED) is 0.751. The smallest absolute Gasteiger partial charge is 0.0897 e. The minimum absolute atomic E-state index is 0.694. The lowest BCUT2D eigenvalue weighted by molar-refractivity contribution is 0.455. The summed E-state index contributed by atoms with van der Waals surface area (Å²) in [6.45, 7) is 7.65. The van der Waals surface area contributed by atoms with E-state index in [-0.39, 0.29) is 0 Å². The molecule has 0 spiro atoms. The molecular weight excluding hydrogens is 216 g/mol. The molecule has 0 aliphatic carbocycles. The second-order valence-corrected chi connectivity index (χ2v) is 5.37. The molecular formula is C13H24N2S. The minimum Gasteiger partial charge on any atom is -0.314 e. The van der Waals surface area contributed by atoms with E-state index in [0.29, 0.717) is 6.04 Å². The van der Waals surface area contributed by atoms with Gasteiger partial charge in [-0.05, 0) is 19.8 Å². The molecule has 1 aromatic rings. The van der Waals surface area contributed by atoms with E-state index in [4.69, 9.17) is 0 Å². The number of aromatic nitrogens is 1. The summed E-state index contributed by atoms with van der Waals surface area (Å²) >= 11 is 1.74. The predicted molar refractivity (Wildman–Crippen MR) is 72.2 cm³/mol. The van der Waals surface area contributed by atoms with Crippen LogP contribution < -0.4 is 5.32 Å². The van der Waals surface area contributed by atoms with Crippen molar-refractivity contribution in [1.82, 2.24) is 10.3 Å². The Morgan fingerprint density at radius 3 is 2.81 bits per heavy atom. The van der Waals surface area contributed by atoms with Crippen LogP contribution in [0, 0.1) is 6.92 Å². The standard InChI is InChI=1S/C13H24N2S/c1-4-6-7-12(5-2)14-9-8-13-10-16-11(3)15-13/h10,12,14H,4-9H2,1-3H3. The summed E-state index contributed by atoms with van der Waals surface area (Å²) in [6.07, 6.45) is 6.23. The maximum Gasteiger partial charge on any atom is 0.0897 e. The van der Waals surface area contributed by atoms with Crippen molar-refractivity contribution >= 4 is 11.3 Å². The van der Waals surface area contributed by atoms with Crippen LogP contribution in [0.1, 0.15) is 50.2 Å². The normalized spacial score (nSPS) is 12.9. The average molecular weight is 240 g/mol. The van der Waals surface area contributed by atoms with E-state index in [1.165, 1.54) is 36.4 Å². The monoisotopic (exact) mass is 240 g/mol. The van der Waals surface area contributed by atoms with Gasteiger partial charge in [0, 0.05) is 24.4 Å². The first-order valence-corrected chi connectivity index (χ1v) is 7.28. The summed E-state index contributed by atoms with van der Waals surface area (Å²) in [7, 11) is 0. The van der Waals surface area contributed by atoms with Crippen molar-refractivity contribution in [3.05, 3.63) is 16.1 Å². The van der Waals surface area contributed by atoms with Crippen LogP contribution in [-0.4, -0.2) is 17.6 Å². The number of aryl methyl sites for hydroxylation is 1. The zero-order chi connectivity index (χ0) is 11.8. The van der Waals surface area contributed by atoms with Crippen LogP contribution in [0.5, 0.6) is 0 Å². The number of thiazole rings is 1. The van der Waals surface area contributed by atoms with Gasteiger partial charge in [0.15, 0.2) is 0 Å². The van der Waals surface area contributed by atoms with Crippen LogP contribution in [0.15, 0.2) is 5.38 Å². The number of nitrogens with one attached hydrogen (secondary N) is 1. The average Bonchev–Trinajstić information content (AvgIpc) is 2.69. The number of nitrogens with zero attached hydrogens (tertiary/aromatic N) is 1. The van der Waals surface area contributed by atoms with Gasteiger partial charge in [-0.3, -0.25) is 0 Å². The molecule has 1 unspecified atom stereocenters. The first kappa shape index (κ1) is 13.7. The summed E-state index contributed by atoms with van der Waals surface area (Å²) in [5, 5.41) is 6.97. The fourth-order valence-electron chi connectivity index (χ4n) is 1.83. The van der Waals surface area contributed by atoms with Gasteiger partial charge in [0.25, 0.3) is 0 Å². The van der Waals surface area contributed by atoms with Crippen molar-refractivity contribution in [2.45, 2.75) is 58.9 Å². The van der Waals surface area contributed by atoms with Gasteiger partial charge < -0.3 is 5.32 Å². The third-order valence-corrected chi connectivity index (χ3v) is 3.70. The molecule has 1 heterocycles. The molecule has 0 aromatic carbocycles. The highest BCUT2D eigenvalue weighted by molar-refractivity contribution is 7.09. The van der Waals surface area contributed by atoms with E-state index in [2.05, 4.69) is 36.5 Å². The van der Waals surface area contributed by atoms with E-state index in [1.807, 2.05) is 0 Å². The summed E-state index contributed by atoms with van der Waals surface area (Å²) in [6, 6.07) is 0.694. The number of unbranched alkanes of at least 4 members (excludes halogenated alkanes) is 1. The zero-order valence-corrected chi connectivity index (χ0v) is 11.6. The molecule has 3 heteroatoms. The molecule has 92 valence electrons. The third kappa shape index (κ3) is 5.08. The molecule has 0 radical (unpaired) electrons. The van der Waals surface area contributed by atoms with Crippen LogP contribution in [0.2, 0.25) is 0 Å². The van der Waals surface area contributed by atoms with Gasteiger partial charge in [-0.1, -0.05) is 26.7 Å². The van der Waals surface area contributed by atoms with Gasteiger partial charge in [0.05, 0.1) is 10.7 Å². The highest BCUT2D eigenvalue weighted by Gasteiger charge is 2.05. The van der Waals surface area contributed by atoms with Crippen molar-refractivity contribution < 1.29 is 0 Å². The summed E-state index contributed by atoms with van der Waals surface area (Å²) in [5.41, 5.74) is 1.24. The van der Waals surface area contributed by atoms with Gasteiger partial charge in [-0.2, -0.15) is 0 Å². The maximum absolute atomic E-state index is 4.47. The van der Waals surface area contributed by atoms with Crippen molar-refractivity contribution in [1.29, 1.82) is 0 Å². The van der Waals surface area contributed by atoms with Crippen molar-refractivity contribution in [2.75, 3.05) is 6.54 Å². The number of hydrogen-bond donors (Lipinski definition) is 1. The zero-order valence-electron chi connectivity index (χ0n) is 10.8. The molecule has 1 N–H and O–H groups in total. The topological polar surface area (TPSA) is 24.9 Å².